The summed E-state index contributed by atoms with van der Waals surface area (Å²) < 4.78 is 16.9. The third-order valence-corrected chi connectivity index (χ3v) is 13.5. The van der Waals surface area contributed by atoms with Gasteiger partial charge in [-0.2, -0.15) is 0 Å². The average Bonchev–Trinajstić information content (AvgIpc) is 3.47. The van der Waals surface area contributed by atoms with Crippen molar-refractivity contribution in [3.63, 3.8) is 0 Å². The number of unbranched alkanes of at least 4 members (excludes halogenated alkanes) is 21. The zero-order valence-corrected chi connectivity index (χ0v) is 52.2. The van der Waals surface area contributed by atoms with Gasteiger partial charge in [-0.05, 0) is 135 Å². The molecule has 456 valence electrons. The minimum atomic E-state index is -0.833. The molecule has 0 radical (unpaired) electrons. The first-order valence-corrected chi connectivity index (χ1v) is 33.0. The second-order valence-electron chi connectivity index (χ2n) is 21.3. The Morgan fingerprint density at radius 3 is 0.815 bits per heavy atom. The van der Waals surface area contributed by atoms with E-state index in [-0.39, 0.29) is 31.6 Å². The maximum Gasteiger partial charge on any atom is 0.306 e. The first kappa shape index (κ1) is 76.0. The maximum absolute atomic E-state index is 12.9. The summed E-state index contributed by atoms with van der Waals surface area (Å²) in [6, 6.07) is 0. The van der Waals surface area contributed by atoms with Crippen molar-refractivity contribution in [2.75, 3.05) is 13.2 Å². The number of ether oxygens (including phenoxy) is 3. The third-order valence-electron chi connectivity index (χ3n) is 13.5. The van der Waals surface area contributed by atoms with Gasteiger partial charge in [0.1, 0.15) is 13.2 Å². The van der Waals surface area contributed by atoms with Crippen LogP contribution in [0.2, 0.25) is 0 Å². The molecule has 0 aliphatic rings. The molecule has 6 nitrogen and oxygen atoms in total. The van der Waals surface area contributed by atoms with Gasteiger partial charge in [-0.3, -0.25) is 14.4 Å². The Hall–Kier alpha value is -4.97. The van der Waals surface area contributed by atoms with Crippen molar-refractivity contribution in [1.29, 1.82) is 0 Å². The van der Waals surface area contributed by atoms with Crippen LogP contribution >= 0.6 is 0 Å². The van der Waals surface area contributed by atoms with E-state index in [0.29, 0.717) is 19.3 Å². The fourth-order valence-electron chi connectivity index (χ4n) is 8.64. The lowest BCUT2D eigenvalue weighted by Gasteiger charge is -2.18. The highest BCUT2D eigenvalue weighted by molar-refractivity contribution is 5.71. The predicted octanol–water partition coefficient (Wildman–Crippen LogP) is 22.9. The Labute approximate surface area is 499 Å². The van der Waals surface area contributed by atoms with Crippen LogP contribution in [-0.4, -0.2) is 37.2 Å². The average molecular weight is 1120 g/mol. The van der Waals surface area contributed by atoms with Crippen LogP contribution < -0.4 is 0 Å². The topological polar surface area (TPSA) is 78.9 Å². The molecule has 0 saturated heterocycles. The zero-order valence-electron chi connectivity index (χ0n) is 52.2. The molecule has 6 heteroatoms. The Morgan fingerprint density at radius 1 is 0.259 bits per heavy atom. The molecule has 1 atom stereocenters. The Bertz CT molecular complexity index is 1810. The minimum absolute atomic E-state index is 0.118. The molecule has 0 amide bonds. The van der Waals surface area contributed by atoms with Crippen molar-refractivity contribution in [3.05, 3.63) is 158 Å². The lowest BCUT2D eigenvalue weighted by Crippen LogP contribution is -2.30. The third kappa shape index (κ3) is 65.7. The van der Waals surface area contributed by atoms with E-state index in [1.54, 1.807) is 0 Å². The fraction of sp³-hybridized carbons (Fsp3) is 0.613. The van der Waals surface area contributed by atoms with Crippen LogP contribution in [0.5, 0.6) is 0 Å². The minimum Gasteiger partial charge on any atom is -0.462 e. The van der Waals surface area contributed by atoms with E-state index in [0.717, 1.165) is 122 Å². The van der Waals surface area contributed by atoms with Crippen molar-refractivity contribution in [2.45, 2.75) is 284 Å². The van der Waals surface area contributed by atoms with Crippen molar-refractivity contribution < 1.29 is 28.6 Å². The molecule has 0 aromatic rings. The Morgan fingerprint density at radius 2 is 0.506 bits per heavy atom. The number of rotatable bonds is 58. The SMILES string of the molecule is CC/C=C\C/C=C\C/C=C\C/C=C\C/C=C\C/C=C\CCCCCCCCCCC(=O)OCC(COC(=O)CCCCCCCCC/C=C\CCCCCCCC)OC(=O)CC/C=C\C/C=C\C/C=C\C/C=C\C/C=C\C/C=C\CC. The molecule has 0 N–H and O–H groups in total. The van der Waals surface area contributed by atoms with Crippen LogP contribution in [0.15, 0.2) is 158 Å². The summed E-state index contributed by atoms with van der Waals surface area (Å²) in [6.07, 6.45) is 98.3. The summed E-state index contributed by atoms with van der Waals surface area (Å²) in [5.41, 5.74) is 0. The number of carbonyl (C=O) groups is 3. The number of allylic oxidation sites excluding steroid dienone is 26. The van der Waals surface area contributed by atoms with Crippen LogP contribution in [-0.2, 0) is 28.6 Å². The van der Waals surface area contributed by atoms with E-state index in [9.17, 15) is 14.4 Å². The summed E-state index contributed by atoms with van der Waals surface area (Å²) >= 11 is 0. The summed E-state index contributed by atoms with van der Waals surface area (Å²) in [6.45, 7) is 6.34. The number of hydrogen-bond acceptors (Lipinski definition) is 6. The number of hydrogen-bond donors (Lipinski definition) is 0. The lowest BCUT2D eigenvalue weighted by atomic mass is 10.1. The van der Waals surface area contributed by atoms with Crippen LogP contribution in [0, 0.1) is 0 Å². The van der Waals surface area contributed by atoms with Crippen molar-refractivity contribution >= 4 is 17.9 Å². The molecule has 0 spiro atoms. The quantitative estimate of drug-likeness (QED) is 0.0261. The smallest absolute Gasteiger partial charge is 0.306 e. The lowest BCUT2D eigenvalue weighted by molar-refractivity contribution is -0.166. The van der Waals surface area contributed by atoms with E-state index in [2.05, 4.69) is 173 Å². The Balaban J connectivity index is 4.49. The van der Waals surface area contributed by atoms with Crippen molar-refractivity contribution in [3.8, 4) is 0 Å². The molecule has 81 heavy (non-hydrogen) atoms. The van der Waals surface area contributed by atoms with Crippen LogP contribution in [0.25, 0.3) is 0 Å². The molecule has 0 heterocycles. The second-order valence-corrected chi connectivity index (χ2v) is 21.3. The van der Waals surface area contributed by atoms with Gasteiger partial charge < -0.3 is 14.2 Å². The molecule has 0 aliphatic carbocycles. The van der Waals surface area contributed by atoms with E-state index in [1.807, 2.05) is 6.08 Å². The van der Waals surface area contributed by atoms with Gasteiger partial charge >= 0.3 is 17.9 Å². The number of carbonyl (C=O) groups excluding carboxylic acids is 3. The number of esters is 3. The largest absolute Gasteiger partial charge is 0.462 e. The maximum atomic E-state index is 12.9. The molecule has 1 unspecified atom stereocenters. The summed E-state index contributed by atoms with van der Waals surface area (Å²) in [4.78, 5) is 38.4. The predicted molar refractivity (Wildman–Crippen MR) is 352 cm³/mol. The van der Waals surface area contributed by atoms with Gasteiger partial charge in [-0.1, -0.05) is 281 Å². The van der Waals surface area contributed by atoms with Gasteiger partial charge in [0, 0.05) is 19.3 Å². The van der Waals surface area contributed by atoms with Crippen molar-refractivity contribution in [1.82, 2.24) is 0 Å². The molecule has 0 saturated carbocycles. The standard InChI is InChI=1S/C75H120O6/c1-4-7-10-13-16-19-22-25-28-31-33-34-35-36-37-38-39-40-42-44-47-50-53-56-59-62-65-68-74(77)80-71-72(70-79-73(76)67-64-61-58-55-52-49-46-43-30-27-24-21-18-15-12-9-6-3)81-75(78)69-66-63-60-57-54-51-48-45-41-32-29-26-23-20-17-14-11-8-5-2/h7-8,10-11,16-17,19-20,25-30,33-34,36-37,39-41,45,51,54,60,63,72H,4-6,9,12-15,18,21-24,31-32,35,38,42-44,46-50,52-53,55-59,61-62,64-71H2,1-3H3/b10-7-,11-8-,19-16-,20-17-,28-25-,29-26-,30-27-,34-33-,37-36-,40-39-,45-41-,54-51-,63-60-. The van der Waals surface area contributed by atoms with Gasteiger partial charge in [0.15, 0.2) is 6.10 Å². The van der Waals surface area contributed by atoms with Gasteiger partial charge in [-0.15, -0.1) is 0 Å². The van der Waals surface area contributed by atoms with Crippen molar-refractivity contribution in [2.24, 2.45) is 0 Å². The van der Waals surface area contributed by atoms with E-state index in [4.69, 9.17) is 14.2 Å². The molecule has 0 aromatic heterocycles. The highest BCUT2D eigenvalue weighted by Gasteiger charge is 2.19. The van der Waals surface area contributed by atoms with Gasteiger partial charge in [0.2, 0.25) is 0 Å². The van der Waals surface area contributed by atoms with Gasteiger partial charge in [-0.25, -0.2) is 0 Å². The highest BCUT2D eigenvalue weighted by atomic mass is 16.6. The van der Waals surface area contributed by atoms with E-state index in [1.165, 1.54) is 109 Å². The van der Waals surface area contributed by atoms with Crippen LogP contribution in [0.3, 0.4) is 0 Å². The van der Waals surface area contributed by atoms with Crippen LogP contribution in [0.1, 0.15) is 278 Å². The monoisotopic (exact) mass is 1120 g/mol. The zero-order chi connectivity index (χ0) is 58.5. The molecule has 0 fully saturated rings. The van der Waals surface area contributed by atoms with Gasteiger partial charge in [0.05, 0.1) is 0 Å². The highest BCUT2D eigenvalue weighted by Crippen LogP contribution is 2.15. The normalized spacial score (nSPS) is 13.2. The van der Waals surface area contributed by atoms with Gasteiger partial charge in [0.25, 0.3) is 0 Å². The molecule has 0 aliphatic heterocycles. The summed E-state index contributed by atoms with van der Waals surface area (Å²) in [7, 11) is 0. The molecular weight excluding hydrogens is 997 g/mol. The second kappa shape index (κ2) is 67.5. The molecule has 0 rings (SSSR count). The summed E-state index contributed by atoms with van der Waals surface area (Å²) in [5.74, 6) is -1.02. The van der Waals surface area contributed by atoms with E-state index >= 15 is 0 Å². The summed E-state index contributed by atoms with van der Waals surface area (Å²) in [5, 5.41) is 0. The first-order valence-electron chi connectivity index (χ1n) is 33.0. The first-order chi connectivity index (χ1) is 40.0. The Kier molecular flexibility index (Phi) is 63.4. The molecular formula is C75H120O6. The van der Waals surface area contributed by atoms with E-state index < -0.39 is 12.1 Å². The molecule has 0 bridgehead atoms. The molecule has 0 aromatic carbocycles. The van der Waals surface area contributed by atoms with Crippen LogP contribution in [0.4, 0.5) is 0 Å². The fourth-order valence-corrected chi connectivity index (χ4v) is 8.64.